The second kappa shape index (κ2) is 11.4. The van der Waals surface area contributed by atoms with Crippen LogP contribution >= 0.6 is 0 Å². The van der Waals surface area contributed by atoms with Crippen molar-refractivity contribution in [2.75, 3.05) is 26.1 Å². The van der Waals surface area contributed by atoms with Crippen molar-refractivity contribution >= 4 is 22.6 Å². The van der Waals surface area contributed by atoms with Crippen LogP contribution < -0.4 is 24.3 Å². The lowest BCUT2D eigenvalue weighted by Crippen LogP contribution is -2.21. The highest BCUT2D eigenvalue weighted by molar-refractivity contribution is 6.04. The molecule has 1 aromatic carbocycles. The number of hydrogen-bond acceptors (Lipinski definition) is 9. The number of ether oxygens (including phenoxy) is 4. The zero-order valence-electron chi connectivity index (χ0n) is 21.5. The molecule has 0 spiro atoms. The number of methoxy groups -OCH3 is 2. The van der Waals surface area contributed by atoms with E-state index in [2.05, 4.69) is 25.4 Å². The third kappa shape index (κ3) is 6.27. The SMILES string of the molecule is COc1cc2nccc(Oc3ccc(NC(=O)c4nn(-c5cccnc5)cc4OCC(F)(F)F)nc3)c2cc1OC. The maximum atomic E-state index is 13.0. The van der Waals surface area contributed by atoms with Crippen molar-refractivity contribution in [1.82, 2.24) is 24.7 Å². The molecule has 210 valence electrons. The minimum absolute atomic E-state index is 0.103. The average Bonchev–Trinajstić information content (AvgIpc) is 3.41. The molecular formula is C27H21F3N6O5. The lowest BCUT2D eigenvalue weighted by atomic mass is 10.2. The van der Waals surface area contributed by atoms with Crippen LogP contribution in [0.25, 0.3) is 16.6 Å². The van der Waals surface area contributed by atoms with Gasteiger partial charge in [0.2, 0.25) is 0 Å². The highest BCUT2D eigenvalue weighted by Crippen LogP contribution is 2.37. The highest BCUT2D eigenvalue weighted by atomic mass is 19.4. The van der Waals surface area contributed by atoms with Crippen molar-refractivity contribution in [3.05, 3.63) is 79.1 Å². The van der Waals surface area contributed by atoms with E-state index in [0.29, 0.717) is 39.6 Å². The Morgan fingerprint density at radius 1 is 0.951 bits per heavy atom. The summed E-state index contributed by atoms with van der Waals surface area (Å²) in [6.07, 6.45) is 2.46. The first-order chi connectivity index (χ1) is 19.7. The highest BCUT2D eigenvalue weighted by Gasteiger charge is 2.30. The van der Waals surface area contributed by atoms with Gasteiger partial charge in [-0.05, 0) is 36.4 Å². The molecule has 0 saturated carbocycles. The largest absolute Gasteiger partial charge is 0.493 e. The molecule has 11 nitrogen and oxygen atoms in total. The van der Waals surface area contributed by atoms with E-state index in [1.54, 1.807) is 42.6 Å². The summed E-state index contributed by atoms with van der Waals surface area (Å²) in [7, 11) is 3.05. The topological polar surface area (TPSA) is 123 Å². The molecule has 5 aromatic rings. The number of alkyl halides is 3. The number of carbonyl (C=O) groups is 1. The minimum atomic E-state index is -4.61. The van der Waals surface area contributed by atoms with E-state index in [-0.39, 0.29) is 17.3 Å². The smallest absolute Gasteiger partial charge is 0.422 e. The molecule has 5 rings (SSSR count). The molecule has 14 heteroatoms. The van der Waals surface area contributed by atoms with Gasteiger partial charge in [-0.15, -0.1) is 0 Å². The second-order valence-electron chi connectivity index (χ2n) is 8.37. The number of nitrogens with zero attached hydrogens (tertiary/aromatic N) is 5. The second-order valence-corrected chi connectivity index (χ2v) is 8.37. The Kier molecular flexibility index (Phi) is 7.54. The van der Waals surface area contributed by atoms with Crippen molar-refractivity contribution in [2.24, 2.45) is 0 Å². The molecule has 0 radical (unpaired) electrons. The molecule has 1 amide bonds. The predicted molar refractivity (Wildman–Crippen MR) is 140 cm³/mol. The van der Waals surface area contributed by atoms with Crippen molar-refractivity contribution in [2.45, 2.75) is 6.18 Å². The third-order valence-electron chi connectivity index (χ3n) is 5.61. The number of aromatic nitrogens is 5. The molecular weight excluding hydrogens is 545 g/mol. The molecule has 0 aliphatic carbocycles. The number of amides is 1. The van der Waals surface area contributed by atoms with Gasteiger partial charge in [-0.2, -0.15) is 18.3 Å². The lowest BCUT2D eigenvalue weighted by Gasteiger charge is -2.12. The van der Waals surface area contributed by atoms with Gasteiger partial charge in [-0.1, -0.05) is 0 Å². The van der Waals surface area contributed by atoms with E-state index in [1.165, 1.54) is 49.8 Å². The van der Waals surface area contributed by atoms with E-state index in [0.717, 1.165) is 0 Å². The zero-order chi connectivity index (χ0) is 29.0. The Hall–Kier alpha value is -5.40. The van der Waals surface area contributed by atoms with E-state index in [1.807, 2.05) is 0 Å². The number of rotatable bonds is 9. The van der Waals surface area contributed by atoms with Crippen LogP contribution in [-0.2, 0) is 0 Å². The van der Waals surface area contributed by atoms with Crippen LogP contribution in [0.4, 0.5) is 19.0 Å². The fourth-order valence-corrected chi connectivity index (χ4v) is 3.76. The summed E-state index contributed by atoms with van der Waals surface area (Å²) in [6, 6.07) is 11.4. The van der Waals surface area contributed by atoms with Crippen molar-refractivity contribution in [3.8, 4) is 34.4 Å². The van der Waals surface area contributed by atoms with Gasteiger partial charge in [-0.25, -0.2) is 9.67 Å². The number of benzene rings is 1. The fourth-order valence-electron chi connectivity index (χ4n) is 3.76. The minimum Gasteiger partial charge on any atom is -0.493 e. The molecule has 0 unspecified atom stereocenters. The first kappa shape index (κ1) is 27.2. The van der Waals surface area contributed by atoms with Gasteiger partial charge in [0, 0.05) is 23.8 Å². The van der Waals surface area contributed by atoms with Crippen LogP contribution in [0.2, 0.25) is 0 Å². The van der Waals surface area contributed by atoms with E-state index >= 15 is 0 Å². The normalized spacial score (nSPS) is 11.2. The van der Waals surface area contributed by atoms with Gasteiger partial charge >= 0.3 is 6.18 Å². The summed E-state index contributed by atoms with van der Waals surface area (Å²) in [5.74, 6) is 0.753. The predicted octanol–water partition coefficient (Wildman–Crippen LogP) is 5.21. The van der Waals surface area contributed by atoms with Crippen LogP contribution in [0.3, 0.4) is 0 Å². The first-order valence-electron chi connectivity index (χ1n) is 11.9. The third-order valence-corrected chi connectivity index (χ3v) is 5.61. The van der Waals surface area contributed by atoms with Crippen LogP contribution in [-0.4, -0.2) is 57.6 Å². The monoisotopic (exact) mass is 566 g/mol. The van der Waals surface area contributed by atoms with Crippen LogP contribution in [0, 0.1) is 0 Å². The Bertz CT molecular complexity index is 1680. The number of halogens is 3. The summed E-state index contributed by atoms with van der Waals surface area (Å²) in [4.78, 5) is 25.4. The Morgan fingerprint density at radius 3 is 2.44 bits per heavy atom. The molecule has 0 saturated heterocycles. The number of hydrogen-bond donors (Lipinski definition) is 1. The maximum absolute atomic E-state index is 13.0. The standard InChI is InChI=1S/C27H21F3N6O5/c1-38-21-10-18-19(11-22(21)39-2)32-9-7-20(18)41-17-5-6-24(33-13-17)34-26(37)25-23(40-15-27(28,29)30)14-36(35-25)16-4-3-8-31-12-16/h3-14H,15H2,1-2H3,(H,33,34,37). The van der Waals surface area contributed by atoms with Gasteiger partial charge in [0.15, 0.2) is 29.5 Å². The van der Waals surface area contributed by atoms with Gasteiger partial charge in [0.05, 0.1) is 44.0 Å². The number of nitrogens with one attached hydrogen (secondary N) is 1. The van der Waals surface area contributed by atoms with Crippen LogP contribution in [0.15, 0.2) is 73.4 Å². The molecule has 0 fully saturated rings. The number of anilines is 1. The summed E-state index contributed by atoms with van der Waals surface area (Å²) in [5, 5.41) is 7.28. The number of fused-ring (bicyclic) bond motifs is 1. The maximum Gasteiger partial charge on any atom is 0.422 e. The zero-order valence-corrected chi connectivity index (χ0v) is 21.5. The summed E-state index contributed by atoms with van der Waals surface area (Å²) < 4.78 is 61.1. The van der Waals surface area contributed by atoms with E-state index < -0.39 is 18.7 Å². The Morgan fingerprint density at radius 2 is 1.76 bits per heavy atom. The fraction of sp³-hybridized carbons (Fsp3) is 0.148. The molecule has 0 aliphatic rings. The van der Waals surface area contributed by atoms with Crippen molar-refractivity contribution < 1.29 is 36.9 Å². The lowest BCUT2D eigenvalue weighted by molar-refractivity contribution is -0.153. The van der Waals surface area contributed by atoms with Gasteiger partial charge in [0.1, 0.15) is 17.3 Å². The molecule has 0 bridgehead atoms. The first-order valence-corrected chi connectivity index (χ1v) is 11.9. The Balaban J connectivity index is 1.35. The molecule has 1 N–H and O–H groups in total. The average molecular weight is 566 g/mol. The number of carbonyl (C=O) groups excluding carboxylic acids is 1. The van der Waals surface area contributed by atoms with Crippen LogP contribution in [0.5, 0.6) is 28.7 Å². The van der Waals surface area contributed by atoms with Gasteiger partial charge in [0.25, 0.3) is 5.91 Å². The molecule has 41 heavy (non-hydrogen) atoms. The van der Waals surface area contributed by atoms with Gasteiger partial charge in [-0.3, -0.25) is 14.8 Å². The van der Waals surface area contributed by atoms with Gasteiger partial charge < -0.3 is 24.3 Å². The molecule has 4 heterocycles. The van der Waals surface area contributed by atoms with Crippen molar-refractivity contribution in [1.29, 1.82) is 0 Å². The number of pyridine rings is 3. The van der Waals surface area contributed by atoms with E-state index in [4.69, 9.17) is 18.9 Å². The summed E-state index contributed by atoms with van der Waals surface area (Å²) in [5.41, 5.74) is 0.668. The Labute approximate surface area is 230 Å². The summed E-state index contributed by atoms with van der Waals surface area (Å²) in [6.45, 7) is -1.60. The van der Waals surface area contributed by atoms with Crippen molar-refractivity contribution in [3.63, 3.8) is 0 Å². The molecule has 4 aromatic heterocycles. The molecule has 0 aliphatic heterocycles. The van der Waals surface area contributed by atoms with E-state index in [9.17, 15) is 18.0 Å². The quantitative estimate of drug-likeness (QED) is 0.256. The van der Waals surface area contributed by atoms with Crippen LogP contribution in [0.1, 0.15) is 10.5 Å². The molecule has 0 atom stereocenters. The summed E-state index contributed by atoms with van der Waals surface area (Å²) >= 11 is 0.